The molecule has 1 atom stereocenters. The number of piperidine rings is 1. The molecule has 0 aliphatic carbocycles. The minimum atomic E-state index is -0.225. The van der Waals surface area contributed by atoms with Crippen molar-refractivity contribution in [2.24, 2.45) is 5.92 Å². The zero-order valence-electron chi connectivity index (χ0n) is 11.5. The van der Waals surface area contributed by atoms with Crippen LogP contribution in [0.1, 0.15) is 19.3 Å². The van der Waals surface area contributed by atoms with E-state index < -0.39 is 0 Å². The lowest BCUT2D eigenvalue weighted by atomic mass is 9.95. The Kier molecular flexibility index (Phi) is 4.79. The third-order valence-corrected chi connectivity index (χ3v) is 3.72. The Bertz CT molecular complexity index is 525. The molecule has 6 heteroatoms. The van der Waals surface area contributed by atoms with Gasteiger partial charge in [-0.25, -0.2) is 0 Å². The predicted molar refractivity (Wildman–Crippen MR) is 76.1 cm³/mol. The van der Waals surface area contributed by atoms with E-state index in [0.717, 1.165) is 25.8 Å². The van der Waals surface area contributed by atoms with Gasteiger partial charge in [0.15, 0.2) is 0 Å². The molecule has 6 nitrogen and oxygen atoms in total. The fourth-order valence-corrected chi connectivity index (χ4v) is 2.63. The highest BCUT2D eigenvalue weighted by Gasteiger charge is 2.23. The second-order valence-electron chi connectivity index (χ2n) is 5.29. The maximum absolute atomic E-state index is 12.2. The number of aliphatic hydroxyl groups excluding tert-OH is 1. The number of nitrogens with zero attached hydrogens (tertiary/aromatic N) is 2. The van der Waals surface area contributed by atoms with Gasteiger partial charge in [-0.15, -0.1) is 0 Å². The summed E-state index contributed by atoms with van der Waals surface area (Å²) in [6.45, 7) is 1.56. The summed E-state index contributed by atoms with van der Waals surface area (Å²) in [6.07, 6.45) is 4.21. The molecular weight excluding hydrogens is 258 g/mol. The van der Waals surface area contributed by atoms with Crippen molar-refractivity contribution in [3.05, 3.63) is 28.7 Å². The smallest absolute Gasteiger partial charge is 0.251 e. The molecule has 1 saturated heterocycles. The molecule has 1 fully saturated rings. The normalized spacial score (nSPS) is 19.1. The topological polar surface area (TPSA) is 88.6 Å². The number of nitrogens with two attached hydrogens (primary N) is 1. The molecule has 1 aromatic heterocycles. The van der Waals surface area contributed by atoms with E-state index in [1.807, 2.05) is 0 Å². The van der Waals surface area contributed by atoms with Crippen LogP contribution in [-0.2, 0) is 11.3 Å². The number of nitrogen functional groups attached to an aromatic ring is 1. The molecular formula is C14H21N3O3. The molecule has 20 heavy (non-hydrogen) atoms. The summed E-state index contributed by atoms with van der Waals surface area (Å²) in [6, 6.07) is 2.90. The Labute approximate surface area is 117 Å². The van der Waals surface area contributed by atoms with Crippen LogP contribution in [0.15, 0.2) is 23.1 Å². The highest BCUT2D eigenvalue weighted by Crippen LogP contribution is 2.19. The van der Waals surface area contributed by atoms with Crippen LogP contribution in [0.25, 0.3) is 0 Å². The maximum Gasteiger partial charge on any atom is 0.251 e. The van der Waals surface area contributed by atoms with Crippen molar-refractivity contribution < 1.29 is 9.90 Å². The Morgan fingerprint density at radius 3 is 3.00 bits per heavy atom. The highest BCUT2D eigenvalue weighted by molar-refractivity contribution is 5.76. The fraction of sp³-hybridized carbons (Fsp3) is 0.571. The van der Waals surface area contributed by atoms with Gasteiger partial charge in [0.2, 0.25) is 5.91 Å². The van der Waals surface area contributed by atoms with Crippen LogP contribution in [0.4, 0.5) is 5.69 Å². The van der Waals surface area contributed by atoms with Crippen LogP contribution in [0, 0.1) is 5.92 Å². The summed E-state index contributed by atoms with van der Waals surface area (Å²) in [5, 5.41) is 8.98. The number of carbonyl (C=O) groups is 1. The summed E-state index contributed by atoms with van der Waals surface area (Å²) in [4.78, 5) is 25.7. The second-order valence-corrected chi connectivity index (χ2v) is 5.29. The van der Waals surface area contributed by atoms with Gasteiger partial charge in [0.1, 0.15) is 6.54 Å². The van der Waals surface area contributed by atoms with Crippen LogP contribution in [-0.4, -0.2) is 40.2 Å². The van der Waals surface area contributed by atoms with Crippen molar-refractivity contribution in [2.75, 3.05) is 25.4 Å². The molecule has 0 radical (unpaired) electrons. The number of pyridine rings is 1. The molecule has 3 N–H and O–H groups in total. The summed E-state index contributed by atoms with van der Waals surface area (Å²) in [5.74, 6) is 0.288. The fourth-order valence-electron chi connectivity index (χ4n) is 2.63. The Morgan fingerprint density at radius 2 is 2.25 bits per heavy atom. The Hall–Kier alpha value is -1.82. The van der Waals surface area contributed by atoms with Crippen LogP contribution in [0.5, 0.6) is 0 Å². The Balaban J connectivity index is 2.00. The molecule has 2 heterocycles. The summed E-state index contributed by atoms with van der Waals surface area (Å²) < 4.78 is 1.34. The first kappa shape index (κ1) is 14.6. The van der Waals surface area contributed by atoms with E-state index in [0.29, 0.717) is 18.2 Å². The number of hydrogen-bond donors (Lipinski definition) is 2. The summed E-state index contributed by atoms with van der Waals surface area (Å²) in [5.41, 5.74) is 5.87. The van der Waals surface area contributed by atoms with Gasteiger partial charge < -0.3 is 20.3 Å². The average Bonchev–Trinajstić information content (AvgIpc) is 2.43. The standard InChI is InChI=1S/C14H21N3O3/c15-12-3-4-13(19)17(9-12)10-14(20)16-6-1-2-11(8-16)5-7-18/h3-4,9,11,18H,1-2,5-8,10,15H2. The van der Waals surface area contributed by atoms with Crippen LogP contribution in [0.2, 0.25) is 0 Å². The summed E-state index contributed by atoms with van der Waals surface area (Å²) in [7, 11) is 0. The van der Waals surface area contributed by atoms with Gasteiger partial charge in [-0.2, -0.15) is 0 Å². The molecule has 1 aliphatic rings. The lowest BCUT2D eigenvalue weighted by molar-refractivity contribution is -0.133. The number of aromatic nitrogens is 1. The highest BCUT2D eigenvalue weighted by atomic mass is 16.3. The molecule has 2 rings (SSSR count). The third kappa shape index (κ3) is 3.60. The van der Waals surface area contributed by atoms with E-state index in [4.69, 9.17) is 10.8 Å². The minimum absolute atomic E-state index is 0.0235. The minimum Gasteiger partial charge on any atom is -0.398 e. The SMILES string of the molecule is Nc1ccc(=O)n(CC(=O)N2CCCC(CCO)C2)c1. The van der Waals surface area contributed by atoms with Gasteiger partial charge >= 0.3 is 0 Å². The zero-order chi connectivity index (χ0) is 14.5. The van der Waals surface area contributed by atoms with E-state index in [2.05, 4.69) is 0 Å². The number of carbonyl (C=O) groups excluding carboxylic acids is 1. The largest absolute Gasteiger partial charge is 0.398 e. The van der Waals surface area contributed by atoms with Gasteiger partial charge in [0, 0.05) is 37.6 Å². The van der Waals surface area contributed by atoms with E-state index in [-0.39, 0.29) is 24.6 Å². The second kappa shape index (κ2) is 6.56. The molecule has 0 spiro atoms. The van der Waals surface area contributed by atoms with E-state index in [1.165, 1.54) is 22.9 Å². The van der Waals surface area contributed by atoms with Crippen molar-refractivity contribution >= 4 is 11.6 Å². The molecule has 0 aromatic carbocycles. The average molecular weight is 279 g/mol. The molecule has 1 aromatic rings. The van der Waals surface area contributed by atoms with E-state index in [9.17, 15) is 9.59 Å². The van der Waals surface area contributed by atoms with Gasteiger partial charge in [0.05, 0.1) is 0 Å². The zero-order valence-corrected chi connectivity index (χ0v) is 11.5. The van der Waals surface area contributed by atoms with Crippen LogP contribution in [0.3, 0.4) is 0 Å². The predicted octanol–water partition coefficient (Wildman–Crippen LogP) is 0.0515. The van der Waals surface area contributed by atoms with Gasteiger partial charge in [-0.3, -0.25) is 9.59 Å². The molecule has 1 unspecified atom stereocenters. The molecule has 110 valence electrons. The van der Waals surface area contributed by atoms with Gasteiger partial charge in [-0.1, -0.05) is 0 Å². The van der Waals surface area contributed by atoms with Crippen LogP contribution < -0.4 is 11.3 Å². The van der Waals surface area contributed by atoms with E-state index >= 15 is 0 Å². The van der Waals surface area contributed by atoms with Crippen molar-refractivity contribution in [3.63, 3.8) is 0 Å². The molecule has 0 bridgehead atoms. The monoisotopic (exact) mass is 279 g/mol. The van der Waals surface area contributed by atoms with Gasteiger partial charge in [-0.05, 0) is 31.2 Å². The molecule has 1 aliphatic heterocycles. The van der Waals surface area contributed by atoms with Crippen molar-refractivity contribution in [2.45, 2.75) is 25.8 Å². The third-order valence-electron chi connectivity index (χ3n) is 3.72. The van der Waals surface area contributed by atoms with E-state index in [1.54, 1.807) is 4.90 Å². The lowest BCUT2D eigenvalue weighted by Crippen LogP contribution is -2.42. The quantitative estimate of drug-likeness (QED) is 0.815. The number of likely N-dealkylation sites (tertiary alicyclic amines) is 1. The molecule has 0 saturated carbocycles. The van der Waals surface area contributed by atoms with Crippen molar-refractivity contribution in [1.82, 2.24) is 9.47 Å². The number of aliphatic hydroxyl groups is 1. The molecule has 1 amide bonds. The van der Waals surface area contributed by atoms with Crippen LogP contribution >= 0.6 is 0 Å². The first-order chi connectivity index (χ1) is 9.60. The van der Waals surface area contributed by atoms with Gasteiger partial charge in [0.25, 0.3) is 5.56 Å². The van der Waals surface area contributed by atoms with Crippen molar-refractivity contribution in [1.29, 1.82) is 0 Å². The first-order valence-corrected chi connectivity index (χ1v) is 6.94. The number of hydrogen-bond acceptors (Lipinski definition) is 4. The number of rotatable bonds is 4. The number of anilines is 1. The Morgan fingerprint density at radius 1 is 1.45 bits per heavy atom. The first-order valence-electron chi connectivity index (χ1n) is 6.94. The lowest BCUT2D eigenvalue weighted by Gasteiger charge is -2.32. The number of amides is 1. The summed E-state index contributed by atoms with van der Waals surface area (Å²) >= 11 is 0. The van der Waals surface area contributed by atoms with Crippen molar-refractivity contribution in [3.8, 4) is 0 Å². The maximum atomic E-state index is 12.2.